The number of carbonyl (C=O) groups excluding carboxylic acids is 2. The molecule has 0 fully saturated rings. The quantitative estimate of drug-likeness (QED) is 0.369. The van der Waals surface area contributed by atoms with Crippen molar-refractivity contribution in [3.05, 3.63) is 24.3 Å². The van der Waals surface area contributed by atoms with E-state index in [0.717, 1.165) is 0 Å². The number of ether oxygens (including phenoxy) is 1. The van der Waals surface area contributed by atoms with Crippen LogP contribution in [-0.2, 0) is 14.3 Å². The number of hydrogen-bond donors (Lipinski definition) is 0. The molecule has 0 aliphatic carbocycles. The Labute approximate surface area is 78.1 Å². The Bertz CT molecular complexity index is 226. The van der Waals surface area contributed by atoms with E-state index in [9.17, 15) is 9.59 Å². The largest absolute Gasteiger partial charge is 0.461 e. The molecular formula is C10H14O3. The van der Waals surface area contributed by atoms with Crippen LogP contribution >= 0.6 is 0 Å². The first-order chi connectivity index (χ1) is 6.16. The van der Waals surface area contributed by atoms with E-state index >= 15 is 0 Å². The van der Waals surface area contributed by atoms with Gasteiger partial charge in [-0.3, -0.25) is 9.59 Å². The Kier molecular flexibility index (Phi) is 6.51. The Morgan fingerprint density at radius 3 is 2.54 bits per heavy atom. The molecule has 13 heavy (non-hydrogen) atoms. The second-order valence-electron chi connectivity index (χ2n) is 2.52. The van der Waals surface area contributed by atoms with E-state index in [1.807, 2.05) is 19.1 Å². The number of allylic oxidation sites excluding steroid dienone is 3. The fourth-order valence-electron chi connectivity index (χ4n) is 0.641. The summed E-state index contributed by atoms with van der Waals surface area (Å²) in [7, 11) is 0. The van der Waals surface area contributed by atoms with Gasteiger partial charge in [0.15, 0.2) is 0 Å². The van der Waals surface area contributed by atoms with Crippen LogP contribution in [0.15, 0.2) is 24.3 Å². The summed E-state index contributed by atoms with van der Waals surface area (Å²) < 4.78 is 4.72. The number of hydrogen-bond acceptors (Lipinski definition) is 3. The lowest BCUT2D eigenvalue weighted by Crippen LogP contribution is -2.08. The minimum atomic E-state index is -0.474. The van der Waals surface area contributed by atoms with Crippen molar-refractivity contribution in [2.45, 2.75) is 20.3 Å². The van der Waals surface area contributed by atoms with Gasteiger partial charge in [-0.1, -0.05) is 18.2 Å². The number of Topliss-reactive ketones (excluding diaryl/α,β-unsaturated/α-hetero) is 1. The average molecular weight is 182 g/mol. The van der Waals surface area contributed by atoms with Crippen LogP contribution < -0.4 is 0 Å². The van der Waals surface area contributed by atoms with Gasteiger partial charge in [-0.15, -0.1) is 0 Å². The van der Waals surface area contributed by atoms with Gasteiger partial charge in [0.2, 0.25) is 0 Å². The highest BCUT2D eigenvalue weighted by Gasteiger charge is 2.03. The number of ketones is 1. The molecule has 3 nitrogen and oxygen atoms in total. The predicted molar refractivity (Wildman–Crippen MR) is 50.2 cm³/mol. The summed E-state index contributed by atoms with van der Waals surface area (Å²) in [5, 5.41) is 0. The molecule has 0 amide bonds. The zero-order valence-electron chi connectivity index (χ0n) is 7.95. The molecule has 0 atom stereocenters. The van der Waals surface area contributed by atoms with Gasteiger partial charge in [0.1, 0.15) is 18.8 Å². The summed E-state index contributed by atoms with van der Waals surface area (Å²) in [4.78, 5) is 21.3. The third-order valence-corrected chi connectivity index (χ3v) is 1.17. The predicted octanol–water partition coefficient (Wildman–Crippen LogP) is 1.64. The molecule has 0 saturated carbocycles. The van der Waals surface area contributed by atoms with Crippen molar-refractivity contribution in [2.75, 3.05) is 6.61 Å². The van der Waals surface area contributed by atoms with Crippen molar-refractivity contribution in [2.24, 2.45) is 0 Å². The second kappa shape index (κ2) is 7.28. The zero-order valence-corrected chi connectivity index (χ0v) is 7.95. The van der Waals surface area contributed by atoms with Crippen LogP contribution in [0.3, 0.4) is 0 Å². The summed E-state index contributed by atoms with van der Waals surface area (Å²) in [6.45, 7) is 3.47. The number of rotatable bonds is 5. The highest BCUT2D eigenvalue weighted by Crippen LogP contribution is 1.88. The lowest BCUT2D eigenvalue weighted by atomic mass is 10.3. The first-order valence-electron chi connectivity index (χ1n) is 4.09. The molecule has 72 valence electrons. The summed E-state index contributed by atoms with van der Waals surface area (Å²) in [6.07, 6.45) is 7.04. The lowest BCUT2D eigenvalue weighted by Gasteiger charge is -1.97. The minimum Gasteiger partial charge on any atom is -0.461 e. The van der Waals surface area contributed by atoms with E-state index in [1.165, 1.54) is 6.92 Å². The molecule has 0 spiro atoms. The average Bonchev–Trinajstić information content (AvgIpc) is 2.02. The molecule has 0 N–H and O–H groups in total. The third-order valence-electron chi connectivity index (χ3n) is 1.17. The van der Waals surface area contributed by atoms with E-state index in [2.05, 4.69) is 0 Å². The Morgan fingerprint density at radius 2 is 2.00 bits per heavy atom. The maximum atomic E-state index is 10.8. The molecule has 0 bridgehead atoms. The van der Waals surface area contributed by atoms with Gasteiger partial charge in [-0.05, 0) is 19.9 Å². The van der Waals surface area contributed by atoms with Crippen LogP contribution in [0.2, 0.25) is 0 Å². The van der Waals surface area contributed by atoms with Crippen LogP contribution in [0.4, 0.5) is 0 Å². The summed E-state index contributed by atoms with van der Waals surface area (Å²) in [5.41, 5.74) is 0. The van der Waals surface area contributed by atoms with Gasteiger partial charge in [0.25, 0.3) is 0 Å². The van der Waals surface area contributed by atoms with Crippen LogP contribution in [-0.4, -0.2) is 18.4 Å². The second-order valence-corrected chi connectivity index (χ2v) is 2.52. The number of carbonyl (C=O) groups is 2. The SMILES string of the molecule is CC=CC=CCOC(=O)CC(C)=O. The maximum absolute atomic E-state index is 10.8. The van der Waals surface area contributed by atoms with Crippen molar-refractivity contribution in [3.8, 4) is 0 Å². The van der Waals surface area contributed by atoms with Gasteiger partial charge in [0.05, 0.1) is 0 Å². The van der Waals surface area contributed by atoms with E-state index < -0.39 is 5.97 Å². The van der Waals surface area contributed by atoms with Crippen LogP contribution in [0.25, 0.3) is 0 Å². The van der Waals surface area contributed by atoms with Crippen molar-refractivity contribution in [3.63, 3.8) is 0 Å². The normalized spacial score (nSPS) is 10.9. The van der Waals surface area contributed by atoms with Crippen LogP contribution in [0.5, 0.6) is 0 Å². The Hall–Kier alpha value is -1.38. The van der Waals surface area contributed by atoms with Gasteiger partial charge >= 0.3 is 5.97 Å². The first kappa shape index (κ1) is 11.6. The third kappa shape index (κ3) is 8.53. The van der Waals surface area contributed by atoms with Crippen molar-refractivity contribution >= 4 is 11.8 Å². The zero-order chi connectivity index (χ0) is 10.1. The lowest BCUT2D eigenvalue weighted by molar-refractivity contribution is -0.144. The van der Waals surface area contributed by atoms with Crippen LogP contribution in [0.1, 0.15) is 20.3 Å². The van der Waals surface area contributed by atoms with Gasteiger partial charge < -0.3 is 4.74 Å². The van der Waals surface area contributed by atoms with Crippen molar-refractivity contribution in [1.29, 1.82) is 0 Å². The van der Waals surface area contributed by atoms with Gasteiger partial charge in [-0.25, -0.2) is 0 Å². The highest BCUT2D eigenvalue weighted by atomic mass is 16.5. The van der Waals surface area contributed by atoms with E-state index in [0.29, 0.717) is 0 Å². The molecule has 0 unspecified atom stereocenters. The topological polar surface area (TPSA) is 43.4 Å². The molecule has 0 rings (SSSR count). The molecule has 3 heteroatoms. The molecule has 0 radical (unpaired) electrons. The number of esters is 1. The standard InChI is InChI=1S/C10H14O3/c1-3-4-5-6-7-13-10(12)8-9(2)11/h3-6H,7-8H2,1-2H3. The molecule has 0 aromatic carbocycles. The molecule has 0 saturated heterocycles. The maximum Gasteiger partial charge on any atom is 0.313 e. The molecule has 0 aromatic rings. The summed E-state index contributed by atoms with van der Waals surface area (Å²) in [6, 6.07) is 0. The smallest absolute Gasteiger partial charge is 0.313 e. The highest BCUT2D eigenvalue weighted by molar-refractivity contribution is 5.94. The van der Waals surface area contributed by atoms with Crippen molar-refractivity contribution < 1.29 is 14.3 Å². The van der Waals surface area contributed by atoms with E-state index in [1.54, 1.807) is 12.2 Å². The monoisotopic (exact) mass is 182 g/mol. The summed E-state index contributed by atoms with van der Waals surface area (Å²) in [5.74, 6) is -0.653. The Balaban J connectivity index is 3.53. The summed E-state index contributed by atoms with van der Waals surface area (Å²) >= 11 is 0. The fraction of sp³-hybridized carbons (Fsp3) is 0.400. The molecule has 0 aliphatic heterocycles. The Morgan fingerprint density at radius 1 is 1.31 bits per heavy atom. The first-order valence-corrected chi connectivity index (χ1v) is 4.09. The van der Waals surface area contributed by atoms with E-state index in [4.69, 9.17) is 4.74 Å². The van der Waals surface area contributed by atoms with Crippen molar-refractivity contribution in [1.82, 2.24) is 0 Å². The molecule has 0 aliphatic rings. The molecule has 0 aromatic heterocycles. The fourth-order valence-corrected chi connectivity index (χ4v) is 0.641. The minimum absolute atomic E-state index is 0.141. The van der Waals surface area contributed by atoms with E-state index in [-0.39, 0.29) is 18.8 Å². The van der Waals surface area contributed by atoms with Crippen LogP contribution in [0, 0.1) is 0 Å². The molecular weight excluding hydrogens is 168 g/mol. The molecule has 0 heterocycles. The van der Waals surface area contributed by atoms with Gasteiger partial charge in [-0.2, -0.15) is 0 Å². The van der Waals surface area contributed by atoms with Gasteiger partial charge in [0, 0.05) is 0 Å².